The van der Waals surface area contributed by atoms with Crippen LogP contribution in [0.15, 0.2) is 54.6 Å². The van der Waals surface area contributed by atoms with Crippen molar-refractivity contribution in [2.24, 2.45) is 0 Å². The second kappa shape index (κ2) is 4.10. The van der Waals surface area contributed by atoms with Gasteiger partial charge in [-0.25, -0.2) is 0 Å². The molecule has 0 aliphatic heterocycles. The van der Waals surface area contributed by atoms with Crippen LogP contribution in [-0.2, 0) is 0 Å². The third-order valence-corrected chi connectivity index (χ3v) is 3.44. The van der Waals surface area contributed by atoms with Gasteiger partial charge in [-0.05, 0) is 12.1 Å². The number of rotatable bonds is 3. The van der Waals surface area contributed by atoms with Crippen LogP contribution in [0.4, 0.5) is 0 Å². The predicted molar refractivity (Wildman–Crippen MR) is 57.6 cm³/mol. The summed E-state index contributed by atoms with van der Waals surface area (Å²) < 4.78 is 5.73. The van der Waals surface area contributed by atoms with E-state index in [-0.39, 0.29) is 0 Å². The third kappa shape index (κ3) is 2.32. The lowest BCUT2D eigenvalue weighted by Crippen LogP contribution is -2.06. The van der Waals surface area contributed by atoms with Crippen LogP contribution in [0.5, 0.6) is 5.75 Å². The van der Waals surface area contributed by atoms with Crippen LogP contribution in [0.1, 0.15) is 0 Å². The zero-order valence-corrected chi connectivity index (χ0v) is 8.80. The van der Waals surface area contributed by atoms with E-state index in [2.05, 4.69) is 24.3 Å². The predicted octanol–water partition coefficient (Wildman–Crippen LogP) is 2.06. The zero-order valence-electron chi connectivity index (χ0n) is 7.39. The van der Waals surface area contributed by atoms with E-state index in [1.807, 2.05) is 30.3 Å². The summed E-state index contributed by atoms with van der Waals surface area (Å²) in [6.07, 6.45) is 8.59. The molecule has 1 aromatic carbocycles. The monoisotopic (exact) mass is 188 g/mol. The molecule has 2 rings (SSSR count). The SMILES string of the molecule is C1=CC([SiH2]Oc2ccccc2)C=C1. The highest BCUT2D eigenvalue weighted by molar-refractivity contribution is 6.32. The smallest absolute Gasteiger partial charge is 0.230 e. The fourth-order valence-electron chi connectivity index (χ4n) is 1.30. The molecule has 0 heterocycles. The van der Waals surface area contributed by atoms with Gasteiger partial charge in [0.15, 0.2) is 0 Å². The van der Waals surface area contributed by atoms with Gasteiger partial charge in [-0.15, -0.1) is 0 Å². The average molecular weight is 188 g/mol. The van der Waals surface area contributed by atoms with Crippen molar-refractivity contribution >= 4 is 9.76 Å². The topological polar surface area (TPSA) is 9.23 Å². The minimum absolute atomic E-state index is 0.484. The van der Waals surface area contributed by atoms with Crippen LogP contribution in [0.2, 0.25) is 5.54 Å². The first kappa shape index (κ1) is 8.32. The van der Waals surface area contributed by atoms with Crippen LogP contribution >= 0.6 is 0 Å². The Labute approximate surface area is 80.7 Å². The van der Waals surface area contributed by atoms with Crippen molar-refractivity contribution in [3.8, 4) is 5.75 Å². The van der Waals surface area contributed by atoms with Crippen molar-refractivity contribution in [1.29, 1.82) is 0 Å². The average Bonchev–Trinajstić information content (AvgIpc) is 2.69. The molecule has 1 nitrogen and oxygen atoms in total. The van der Waals surface area contributed by atoms with Gasteiger partial charge in [-0.1, -0.05) is 42.5 Å². The maximum Gasteiger partial charge on any atom is 0.230 e. The zero-order chi connectivity index (χ0) is 8.93. The molecular formula is C11H12OSi. The van der Waals surface area contributed by atoms with Crippen LogP contribution in [0.3, 0.4) is 0 Å². The van der Waals surface area contributed by atoms with Crippen molar-refractivity contribution in [3.63, 3.8) is 0 Å². The summed E-state index contributed by atoms with van der Waals surface area (Å²) in [5, 5.41) is 0. The van der Waals surface area contributed by atoms with Gasteiger partial charge in [0.1, 0.15) is 5.75 Å². The standard InChI is InChI=1S/C11H12OSi/c1-2-6-10(7-3-1)12-13-11-8-4-5-9-11/h1-9,11H,13H2. The van der Waals surface area contributed by atoms with Crippen molar-refractivity contribution in [2.45, 2.75) is 5.54 Å². The van der Waals surface area contributed by atoms with Crippen LogP contribution < -0.4 is 4.43 Å². The molecule has 0 aromatic heterocycles. The largest absolute Gasteiger partial charge is 0.548 e. The van der Waals surface area contributed by atoms with E-state index in [4.69, 9.17) is 4.43 Å². The van der Waals surface area contributed by atoms with E-state index < -0.39 is 9.76 Å². The summed E-state index contributed by atoms with van der Waals surface area (Å²) in [5.41, 5.74) is 0.584. The Hall–Kier alpha value is -1.28. The summed E-state index contributed by atoms with van der Waals surface area (Å²) in [6, 6.07) is 10.0. The molecule has 1 aliphatic carbocycles. The molecule has 0 bridgehead atoms. The molecule has 1 aromatic rings. The van der Waals surface area contributed by atoms with Crippen molar-refractivity contribution < 1.29 is 4.43 Å². The minimum atomic E-state index is -0.484. The van der Waals surface area contributed by atoms with Crippen molar-refractivity contribution in [2.75, 3.05) is 0 Å². The van der Waals surface area contributed by atoms with Crippen LogP contribution in [-0.4, -0.2) is 9.76 Å². The Kier molecular flexibility index (Phi) is 2.62. The second-order valence-electron chi connectivity index (χ2n) is 3.06. The highest BCUT2D eigenvalue weighted by atomic mass is 28.2. The highest BCUT2D eigenvalue weighted by Gasteiger charge is 2.05. The fraction of sp³-hybridized carbons (Fsp3) is 0.0909. The molecule has 1 aliphatic rings. The van der Waals surface area contributed by atoms with E-state index in [9.17, 15) is 0 Å². The van der Waals surface area contributed by atoms with E-state index in [1.165, 1.54) is 0 Å². The third-order valence-electron chi connectivity index (χ3n) is 2.01. The van der Waals surface area contributed by atoms with Gasteiger partial charge >= 0.3 is 0 Å². The normalized spacial score (nSPS) is 16.0. The first-order valence-corrected chi connectivity index (χ1v) is 5.87. The molecule has 66 valence electrons. The van der Waals surface area contributed by atoms with E-state index >= 15 is 0 Å². The van der Waals surface area contributed by atoms with Gasteiger partial charge < -0.3 is 4.43 Å². The lowest BCUT2D eigenvalue weighted by atomic mass is 10.3. The molecule has 0 amide bonds. The maximum absolute atomic E-state index is 5.73. The Balaban J connectivity index is 1.86. The Morgan fingerprint density at radius 1 is 1.00 bits per heavy atom. The summed E-state index contributed by atoms with van der Waals surface area (Å²) in [7, 11) is -0.484. The van der Waals surface area contributed by atoms with Gasteiger partial charge in [0.2, 0.25) is 9.76 Å². The number of para-hydroxylation sites is 1. The lowest BCUT2D eigenvalue weighted by molar-refractivity contribution is 0.590. The first-order chi connectivity index (χ1) is 6.45. The van der Waals surface area contributed by atoms with Crippen molar-refractivity contribution in [3.05, 3.63) is 54.6 Å². The Morgan fingerprint density at radius 3 is 2.38 bits per heavy atom. The number of hydrogen-bond acceptors (Lipinski definition) is 1. The number of benzene rings is 1. The van der Waals surface area contributed by atoms with Crippen LogP contribution in [0.25, 0.3) is 0 Å². The molecular weight excluding hydrogens is 176 g/mol. The fourth-order valence-corrected chi connectivity index (χ4v) is 2.41. The Bertz CT molecular complexity index is 304. The summed E-state index contributed by atoms with van der Waals surface area (Å²) >= 11 is 0. The van der Waals surface area contributed by atoms with Crippen LogP contribution in [0, 0.1) is 0 Å². The van der Waals surface area contributed by atoms with Gasteiger partial charge in [-0.3, -0.25) is 0 Å². The minimum Gasteiger partial charge on any atom is -0.548 e. The molecule has 0 N–H and O–H groups in total. The Morgan fingerprint density at radius 2 is 1.69 bits per heavy atom. The van der Waals surface area contributed by atoms with E-state index in [1.54, 1.807) is 0 Å². The lowest BCUT2D eigenvalue weighted by Gasteiger charge is -2.07. The molecule has 0 spiro atoms. The quantitative estimate of drug-likeness (QED) is 0.660. The van der Waals surface area contributed by atoms with Gasteiger partial charge in [-0.2, -0.15) is 0 Å². The molecule has 13 heavy (non-hydrogen) atoms. The maximum atomic E-state index is 5.73. The summed E-state index contributed by atoms with van der Waals surface area (Å²) in [6.45, 7) is 0. The molecule has 2 heteroatoms. The molecule has 0 saturated carbocycles. The molecule has 0 unspecified atom stereocenters. The second-order valence-corrected chi connectivity index (χ2v) is 4.62. The molecule has 0 atom stereocenters. The van der Waals surface area contributed by atoms with Gasteiger partial charge in [0.25, 0.3) is 0 Å². The highest BCUT2D eigenvalue weighted by Crippen LogP contribution is 2.16. The van der Waals surface area contributed by atoms with E-state index in [0.717, 1.165) is 5.75 Å². The van der Waals surface area contributed by atoms with Gasteiger partial charge in [0.05, 0.1) is 0 Å². The summed E-state index contributed by atoms with van der Waals surface area (Å²) in [5.74, 6) is 1.00. The molecule has 0 saturated heterocycles. The van der Waals surface area contributed by atoms with Gasteiger partial charge in [0, 0.05) is 5.54 Å². The van der Waals surface area contributed by atoms with E-state index in [0.29, 0.717) is 5.54 Å². The first-order valence-electron chi connectivity index (χ1n) is 4.48. The van der Waals surface area contributed by atoms with Crippen molar-refractivity contribution in [1.82, 2.24) is 0 Å². The molecule has 0 fully saturated rings. The summed E-state index contributed by atoms with van der Waals surface area (Å²) in [4.78, 5) is 0. The number of allylic oxidation sites excluding steroid dienone is 4. The molecule has 0 radical (unpaired) electrons. The number of hydrogen-bond donors (Lipinski definition) is 0.